The Morgan fingerprint density at radius 1 is 1.06 bits per heavy atom. The number of benzene rings is 2. The average Bonchev–Trinajstić information content (AvgIpc) is 2.86. The second-order valence-electron chi connectivity index (χ2n) is 9.25. The van der Waals surface area contributed by atoms with Crippen LogP contribution in [-0.4, -0.2) is 43.1 Å². The molecule has 2 fully saturated rings. The van der Waals surface area contributed by atoms with Gasteiger partial charge in [-0.05, 0) is 80.6 Å². The molecule has 6 nitrogen and oxygen atoms in total. The van der Waals surface area contributed by atoms with Gasteiger partial charge in [0.25, 0.3) is 5.91 Å². The van der Waals surface area contributed by atoms with Crippen molar-refractivity contribution in [1.29, 1.82) is 0 Å². The lowest BCUT2D eigenvalue weighted by molar-refractivity contribution is -0.123. The lowest BCUT2D eigenvalue weighted by atomic mass is 9.83. The molecule has 0 bridgehead atoms. The van der Waals surface area contributed by atoms with E-state index in [1.165, 1.54) is 45.2 Å². The van der Waals surface area contributed by atoms with E-state index in [1.807, 2.05) is 6.07 Å². The zero-order chi connectivity index (χ0) is 23.5. The number of fused-ring (bicyclic) bond motifs is 2. The average molecular weight is 481 g/mol. The van der Waals surface area contributed by atoms with Crippen molar-refractivity contribution in [3.8, 4) is 16.9 Å². The molecule has 0 radical (unpaired) electrons. The highest BCUT2D eigenvalue weighted by molar-refractivity contribution is 6.30. The highest BCUT2D eigenvalue weighted by Gasteiger charge is 2.32. The van der Waals surface area contributed by atoms with Crippen molar-refractivity contribution < 1.29 is 13.9 Å². The summed E-state index contributed by atoms with van der Waals surface area (Å²) in [4.78, 5) is 27.6. The Labute approximate surface area is 203 Å². The van der Waals surface area contributed by atoms with Gasteiger partial charge in [-0.15, -0.1) is 0 Å². The van der Waals surface area contributed by atoms with Crippen molar-refractivity contribution in [2.24, 2.45) is 5.92 Å². The van der Waals surface area contributed by atoms with Crippen LogP contribution in [0, 0.1) is 5.92 Å². The molecule has 2 aliphatic heterocycles. The molecule has 1 aromatic heterocycles. The van der Waals surface area contributed by atoms with E-state index < -0.39 is 5.63 Å². The summed E-state index contributed by atoms with van der Waals surface area (Å²) in [7, 11) is 0. The Morgan fingerprint density at radius 2 is 1.88 bits per heavy atom. The Morgan fingerprint density at radius 3 is 2.74 bits per heavy atom. The first-order chi connectivity index (χ1) is 16.6. The number of carbonyl (C=O) groups excluding carboxylic acids is 1. The molecule has 0 unspecified atom stereocenters. The molecule has 1 amide bonds. The zero-order valence-corrected chi connectivity index (χ0v) is 19.9. The maximum atomic E-state index is 12.5. The number of piperidine rings is 2. The molecule has 3 heterocycles. The fraction of sp³-hybridized carbons (Fsp3) is 0.407. The highest BCUT2D eigenvalue weighted by Crippen LogP contribution is 2.30. The summed E-state index contributed by atoms with van der Waals surface area (Å²) < 4.78 is 11.2. The fourth-order valence-electron chi connectivity index (χ4n) is 5.27. The Bertz CT molecular complexity index is 1220. The Hall–Kier alpha value is -2.83. The fourth-order valence-corrected chi connectivity index (χ4v) is 5.40. The molecule has 0 aliphatic carbocycles. The van der Waals surface area contributed by atoms with Crippen molar-refractivity contribution in [2.75, 3.05) is 26.2 Å². The zero-order valence-electron chi connectivity index (χ0n) is 19.1. The first-order valence-electron chi connectivity index (χ1n) is 12.0. The number of nitrogens with zero attached hydrogens (tertiary/aromatic N) is 1. The normalized spacial score (nSPS) is 20.6. The van der Waals surface area contributed by atoms with Crippen molar-refractivity contribution in [3.63, 3.8) is 0 Å². The minimum atomic E-state index is -0.436. The summed E-state index contributed by atoms with van der Waals surface area (Å²) >= 11 is 5.94. The van der Waals surface area contributed by atoms with E-state index in [0.29, 0.717) is 40.4 Å². The summed E-state index contributed by atoms with van der Waals surface area (Å²) in [5.41, 5.74) is 1.19. The molecule has 1 N–H and O–H groups in total. The maximum absolute atomic E-state index is 12.5. The van der Waals surface area contributed by atoms with Crippen molar-refractivity contribution in [1.82, 2.24) is 10.2 Å². The van der Waals surface area contributed by atoms with Gasteiger partial charge in [0, 0.05) is 29.1 Å². The van der Waals surface area contributed by atoms with E-state index >= 15 is 0 Å². The second-order valence-corrected chi connectivity index (χ2v) is 9.68. The van der Waals surface area contributed by atoms with E-state index in [2.05, 4.69) is 10.2 Å². The van der Waals surface area contributed by atoms with Crippen LogP contribution in [0.15, 0.2) is 57.7 Å². The summed E-state index contributed by atoms with van der Waals surface area (Å²) in [5, 5.41) is 4.44. The minimum Gasteiger partial charge on any atom is -0.484 e. The highest BCUT2D eigenvalue weighted by atomic mass is 35.5. The van der Waals surface area contributed by atoms with Gasteiger partial charge in [-0.25, -0.2) is 4.79 Å². The molecule has 34 heavy (non-hydrogen) atoms. The monoisotopic (exact) mass is 480 g/mol. The number of halogens is 1. The molecule has 7 heteroatoms. The summed E-state index contributed by atoms with van der Waals surface area (Å²) in [6.45, 7) is 3.01. The van der Waals surface area contributed by atoms with Crippen LogP contribution in [-0.2, 0) is 4.79 Å². The third kappa shape index (κ3) is 5.13. The predicted molar refractivity (Wildman–Crippen MR) is 133 cm³/mol. The maximum Gasteiger partial charge on any atom is 0.344 e. The van der Waals surface area contributed by atoms with Crippen LogP contribution in [0.3, 0.4) is 0 Å². The van der Waals surface area contributed by atoms with Gasteiger partial charge in [-0.2, -0.15) is 0 Å². The molecule has 2 atom stereocenters. The summed E-state index contributed by atoms with van der Waals surface area (Å²) in [5.74, 6) is 0.872. The van der Waals surface area contributed by atoms with Gasteiger partial charge < -0.3 is 19.4 Å². The molecule has 2 aromatic carbocycles. The van der Waals surface area contributed by atoms with E-state index in [9.17, 15) is 9.59 Å². The third-order valence-electron chi connectivity index (χ3n) is 7.02. The topological polar surface area (TPSA) is 71.8 Å². The van der Waals surface area contributed by atoms with Crippen LogP contribution in [0.4, 0.5) is 0 Å². The number of amides is 1. The molecular formula is C27H29ClN2O4. The largest absolute Gasteiger partial charge is 0.484 e. The number of hydrogen-bond acceptors (Lipinski definition) is 5. The van der Waals surface area contributed by atoms with Crippen molar-refractivity contribution in [3.05, 3.63) is 64.0 Å². The third-order valence-corrected chi connectivity index (χ3v) is 7.27. The molecule has 0 saturated carbocycles. The quantitative estimate of drug-likeness (QED) is 0.509. The van der Waals surface area contributed by atoms with Crippen LogP contribution in [0.2, 0.25) is 5.02 Å². The van der Waals surface area contributed by atoms with Crippen LogP contribution in [0.25, 0.3) is 22.1 Å². The number of nitrogens with one attached hydrogen (secondary N) is 1. The smallest absolute Gasteiger partial charge is 0.344 e. The lowest BCUT2D eigenvalue weighted by Gasteiger charge is -2.44. The van der Waals surface area contributed by atoms with Crippen LogP contribution < -0.4 is 15.7 Å². The van der Waals surface area contributed by atoms with Gasteiger partial charge in [-0.1, -0.05) is 30.2 Å². The molecule has 2 aliphatic rings. The van der Waals surface area contributed by atoms with Crippen LogP contribution in [0.1, 0.15) is 32.1 Å². The molecular weight excluding hydrogens is 452 g/mol. The van der Waals surface area contributed by atoms with Gasteiger partial charge in [0.15, 0.2) is 6.61 Å². The molecule has 2 saturated heterocycles. The standard InChI is InChI=1S/C27H29ClN2O4/c28-21-9-6-18(7-10-21)23-14-19-8-11-22(15-25(19)34-27(23)32)33-17-26(31)29-16-20-4-3-13-30-12-2-1-5-24(20)30/h6-11,14-15,20,24H,1-5,12-13,16-17H2,(H,29,31)/t20-,24+/m0/s1. The number of ether oxygens (including phenoxy) is 1. The second kappa shape index (κ2) is 10.2. The van der Waals surface area contributed by atoms with E-state index in [4.69, 9.17) is 20.8 Å². The molecule has 0 spiro atoms. The molecule has 3 aromatic rings. The number of carbonyl (C=O) groups is 1. The first-order valence-corrected chi connectivity index (χ1v) is 12.4. The van der Waals surface area contributed by atoms with Crippen molar-refractivity contribution in [2.45, 2.75) is 38.1 Å². The van der Waals surface area contributed by atoms with E-state index in [1.54, 1.807) is 42.5 Å². The van der Waals surface area contributed by atoms with Gasteiger partial charge in [0.1, 0.15) is 11.3 Å². The SMILES string of the molecule is O=C(COc1ccc2cc(-c3ccc(Cl)cc3)c(=O)oc2c1)NC[C@@H]1CCCN2CCCC[C@H]12. The molecule has 178 valence electrons. The van der Waals surface area contributed by atoms with Gasteiger partial charge in [0.05, 0.1) is 5.56 Å². The molecule has 5 rings (SSSR count). The van der Waals surface area contributed by atoms with Crippen LogP contribution in [0.5, 0.6) is 5.75 Å². The Kier molecular flexibility index (Phi) is 6.88. The Balaban J connectivity index is 1.19. The predicted octanol–water partition coefficient (Wildman–Crippen LogP) is 4.87. The number of rotatable bonds is 6. The van der Waals surface area contributed by atoms with Gasteiger partial charge in [0.2, 0.25) is 0 Å². The van der Waals surface area contributed by atoms with Crippen LogP contribution >= 0.6 is 11.6 Å². The van der Waals surface area contributed by atoms with E-state index in [-0.39, 0.29) is 12.5 Å². The summed E-state index contributed by atoms with van der Waals surface area (Å²) in [6, 6.07) is 14.7. The van der Waals surface area contributed by atoms with Crippen molar-refractivity contribution >= 4 is 28.5 Å². The number of hydrogen-bond donors (Lipinski definition) is 1. The first kappa shape index (κ1) is 22.9. The van der Waals surface area contributed by atoms with E-state index in [0.717, 1.165) is 10.9 Å². The van der Waals surface area contributed by atoms with Gasteiger partial charge in [-0.3, -0.25) is 4.79 Å². The summed E-state index contributed by atoms with van der Waals surface area (Å²) in [6.07, 6.45) is 6.18. The van der Waals surface area contributed by atoms with Gasteiger partial charge >= 0.3 is 5.63 Å². The lowest BCUT2D eigenvalue weighted by Crippen LogP contribution is -2.51. The minimum absolute atomic E-state index is 0.0697.